The molecule has 53 heavy (non-hydrogen) atoms. The van der Waals surface area contributed by atoms with Crippen molar-refractivity contribution < 1.29 is 9.15 Å². The van der Waals surface area contributed by atoms with Crippen molar-refractivity contribution in [1.82, 2.24) is 0 Å². The third-order valence-electron chi connectivity index (χ3n) is 10.7. The number of benzene rings is 9. The number of anilines is 3. The summed E-state index contributed by atoms with van der Waals surface area (Å²) in [7, 11) is 0. The van der Waals surface area contributed by atoms with Gasteiger partial charge in [-0.05, 0) is 99.3 Å². The summed E-state index contributed by atoms with van der Waals surface area (Å²) in [4.78, 5) is 2.30. The van der Waals surface area contributed by atoms with Gasteiger partial charge in [-0.3, -0.25) is 0 Å². The quantitative estimate of drug-likeness (QED) is 0.181. The first-order chi connectivity index (χ1) is 26.2. The van der Waals surface area contributed by atoms with Gasteiger partial charge in [0, 0.05) is 50.2 Å². The summed E-state index contributed by atoms with van der Waals surface area (Å²) in [6.45, 7) is 0. The van der Waals surface area contributed by atoms with Crippen molar-refractivity contribution in [2.75, 3.05) is 4.90 Å². The predicted octanol–water partition coefficient (Wildman–Crippen LogP) is 14.5. The Morgan fingerprint density at radius 1 is 0.358 bits per heavy atom. The van der Waals surface area contributed by atoms with E-state index in [1.165, 1.54) is 32.8 Å². The highest BCUT2D eigenvalue weighted by atomic mass is 16.5. The molecule has 0 saturated heterocycles. The van der Waals surface area contributed by atoms with E-state index in [1.807, 2.05) is 0 Å². The highest BCUT2D eigenvalue weighted by molar-refractivity contribution is 6.15. The molecule has 0 saturated carbocycles. The van der Waals surface area contributed by atoms with E-state index in [9.17, 15) is 0 Å². The van der Waals surface area contributed by atoms with E-state index in [0.717, 1.165) is 72.6 Å². The van der Waals surface area contributed by atoms with Crippen LogP contribution >= 0.6 is 0 Å². The molecular weight excluding hydrogens is 647 g/mol. The Morgan fingerprint density at radius 2 is 1.00 bits per heavy atom. The van der Waals surface area contributed by atoms with Crippen molar-refractivity contribution in [2.24, 2.45) is 0 Å². The maximum atomic E-state index is 6.63. The van der Waals surface area contributed by atoms with E-state index >= 15 is 0 Å². The van der Waals surface area contributed by atoms with Gasteiger partial charge in [0.15, 0.2) is 0 Å². The van der Waals surface area contributed by atoms with Crippen LogP contribution in [0.1, 0.15) is 0 Å². The summed E-state index contributed by atoms with van der Waals surface area (Å²) < 4.78 is 13.1. The lowest BCUT2D eigenvalue weighted by Crippen LogP contribution is -2.09. The largest absolute Gasteiger partial charge is 0.456 e. The Hall–Kier alpha value is -7.10. The summed E-state index contributed by atoms with van der Waals surface area (Å²) in [6.07, 6.45) is 0. The summed E-state index contributed by atoms with van der Waals surface area (Å²) in [5, 5.41) is 6.90. The molecule has 2 heterocycles. The van der Waals surface area contributed by atoms with Gasteiger partial charge in [-0.2, -0.15) is 0 Å². The fourth-order valence-electron chi connectivity index (χ4n) is 8.06. The maximum Gasteiger partial charge on any atom is 0.143 e. The minimum atomic E-state index is 0.864. The number of nitrogens with zero attached hydrogens (tertiary/aromatic N) is 1. The average molecular weight is 678 g/mol. The van der Waals surface area contributed by atoms with E-state index in [2.05, 4.69) is 193 Å². The van der Waals surface area contributed by atoms with E-state index in [0.29, 0.717) is 0 Å². The molecule has 248 valence electrons. The Morgan fingerprint density at radius 3 is 1.81 bits per heavy atom. The molecule has 1 aliphatic heterocycles. The molecule has 0 radical (unpaired) electrons. The van der Waals surface area contributed by atoms with Crippen molar-refractivity contribution in [3.63, 3.8) is 0 Å². The van der Waals surface area contributed by atoms with Gasteiger partial charge in [0.25, 0.3) is 0 Å². The van der Waals surface area contributed by atoms with Gasteiger partial charge < -0.3 is 14.1 Å². The van der Waals surface area contributed by atoms with Crippen LogP contribution in [0, 0.1) is 0 Å². The van der Waals surface area contributed by atoms with E-state index in [-0.39, 0.29) is 0 Å². The molecule has 0 aliphatic carbocycles. The molecule has 0 atom stereocenters. The molecule has 3 nitrogen and oxygen atoms in total. The topological polar surface area (TPSA) is 25.6 Å². The number of furan rings is 1. The van der Waals surface area contributed by atoms with Crippen LogP contribution in [0.15, 0.2) is 192 Å². The van der Waals surface area contributed by atoms with Crippen LogP contribution in [0.2, 0.25) is 0 Å². The molecule has 11 rings (SSSR count). The first-order valence-corrected chi connectivity index (χ1v) is 18.0. The normalized spacial score (nSPS) is 11.9. The monoisotopic (exact) mass is 677 g/mol. The van der Waals surface area contributed by atoms with Crippen molar-refractivity contribution >= 4 is 60.5 Å². The summed E-state index contributed by atoms with van der Waals surface area (Å²) in [5.41, 5.74) is 11.9. The molecule has 0 N–H and O–H groups in total. The highest BCUT2D eigenvalue weighted by Gasteiger charge is 2.21. The zero-order chi connectivity index (χ0) is 34.9. The lowest BCUT2D eigenvalue weighted by Gasteiger charge is -2.26. The second-order valence-electron chi connectivity index (χ2n) is 13.7. The second kappa shape index (κ2) is 11.7. The molecule has 0 amide bonds. The number of hydrogen-bond donors (Lipinski definition) is 0. The number of rotatable bonds is 5. The third kappa shape index (κ3) is 4.82. The fourth-order valence-corrected chi connectivity index (χ4v) is 8.06. The van der Waals surface area contributed by atoms with E-state index in [1.54, 1.807) is 0 Å². The lowest BCUT2D eigenvalue weighted by atomic mass is 9.93. The van der Waals surface area contributed by atoms with Crippen LogP contribution in [0.4, 0.5) is 17.1 Å². The second-order valence-corrected chi connectivity index (χ2v) is 13.7. The van der Waals surface area contributed by atoms with Crippen LogP contribution in [0.3, 0.4) is 0 Å². The molecule has 0 bridgehead atoms. The lowest BCUT2D eigenvalue weighted by molar-refractivity contribution is 0.487. The third-order valence-corrected chi connectivity index (χ3v) is 10.7. The molecule has 0 fully saturated rings. The van der Waals surface area contributed by atoms with Crippen LogP contribution in [-0.4, -0.2) is 0 Å². The molecule has 10 aromatic rings. The van der Waals surface area contributed by atoms with Gasteiger partial charge in [0.2, 0.25) is 0 Å². The van der Waals surface area contributed by atoms with Crippen molar-refractivity contribution in [2.45, 2.75) is 0 Å². The Balaban J connectivity index is 1.00. The standard InChI is InChI=1S/C50H31NO2/c1-2-8-32(9-3-1)33-16-22-38(23-17-33)51(40-26-29-43-45-28-20-35-10-4-5-13-41(35)50(45)53-48(43)31-40)39-24-18-34(19-25-39)37-21-27-42-44-14-6-11-36-12-7-15-46(49(36)44)52-47(42)30-37/h1-31H. The Bertz CT molecular complexity index is 3010. The zero-order valence-electron chi connectivity index (χ0n) is 28.7. The van der Waals surface area contributed by atoms with Crippen molar-refractivity contribution in [3.05, 3.63) is 188 Å². The van der Waals surface area contributed by atoms with Crippen molar-refractivity contribution in [3.8, 4) is 44.9 Å². The number of ether oxygens (including phenoxy) is 1. The van der Waals surface area contributed by atoms with Crippen molar-refractivity contribution in [1.29, 1.82) is 0 Å². The Kier molecular flexibility index (Phi) is 6.55. The predicted molar refractivity (Wildman–Crippen MR) is 220 cm³/mol. The van der Waals surface area contributed by atoms with Gasteiger partial charge in [-0.1, -0.05) is 121 Å². The van der Waals surface area contributed by atoms with E-state index in [4.69, 9.17) is 9.15 Å². The summed E-state index contributed by atoms with van der Waals surface area (Å²) in [5.74, 6) is 1.78. The molecule has 1 aromatic heterocycles. The summed E-state index contributed by atoms with van der Waals surface area (Å²) in [6, 6.07) is 66.7. The van der Waals surface area contributed by atoms with Crippen LogP contribution < -0.4 is 9.64 Å². The van der Waals surface area contributed by atoms with Crippen LogP contribution in [0.5, 0.6) is 11.5 Å². The number of fused-ring (bicyclic) bond motifs is 7. The first-order valence-electron chi connectivity index (χ1n) is 18.0. The molecular formula is C50H31NO2. The van der Waals surface area contributed by atoms with E-state index < -0.39 is 0 Å². The van der Waals surface area contributed by atoms with Gasteiger partial charge in [0.05, 0.1) is 0 Å². The van der Waals surface area contributed by atoms with Gasteiger partial charge >= 0.3 is 0 Å². The fraction of sp³-hybridized carbons (Fsp3) is 0. The molecule has 1 aliphatic rings. The highest BCUT2D eigenvalue weighted by Crippen LogP contribution is 2.48. The minimum Gasteiger partial charge on any atom is -0.456 e. The van der Waals surface area contributed by atoms with Gasteiger partial charge in [-0.15, -0.1) is 0 Å². The smallest absolute Gasteiger partial charge is 0.143 e. The Labute approximate surface area is 306 Å². The zero-order valence-corrected chi connectivity index (χ0v) is 28.7. The maximum absolute atomic E-state index is 6.63. The number of hydrogen-bond acceptors (Lipinski definition) is 3. The molecule has 9 aromatic carbocycles. The molecule has 0 spiro atoms. The van der Waals surface area contributed by atoms with Gasteiger partial charge in [-0.25, -0.2) is 0 Å². The van der Waals surface area contributed by atoms with Crippen LogP contribution in [-0.2, 0) is 0 Å². The SMILES string of the molecule is c1ccc(-c2ccc(N(c3ccc(-c4ccc5c(c4)Oc4cccc6cccc-5c46)cc3)c3ccc4c(c3)oc3c5ccccc5ccc43)cc2)cc1. The molecule has 3 heteroatoms. The molecule has 0 unspecified atom stereocenters. The van der Waals surface area contributed by atoms with Crippen LogP contribution in [0.25, 0.3) is 76.9 Å². The minimum absolute atomic E-state index is 0.864. The summed E-state index contributed by atoms with van der Waals surface area (Å²) >= 11 is 0. The average Bonchev–Trinajstić information content (AvgIpc) is 3.60. The first kappa shape index (κ1) is 29.6. The van der Waals surface area contributed by atoms with Gasteiger partial charge in [0.1, 0.15) is 22.7 Å².